The lowest BCUT2D eigenvalue weighted by Gasteiger charge is -2.09. The summed E-state index contributed by atoms with van der Waals surface area (Å²) in [6.07, 6.45) is 1.65. The summed E-state index contributed by atoms with van der Waals surface area (Å²) in [6, 6.07) is 12.6. The summed E-state index contributed by atoms with van der Waals surface area (Å²) in [5.74, 6) is -0.0328. The first-order valence-electron chi connectivity index (χ1n) is 8.56. The number of nitrogens with one attached hydrogen (secondary N) is 2. The van der Waals surface area contributed by atoms with E-state index in [0.717, 1.165) is 11.1 Å². The molecule has 2 rings (SSSR count). The highest BCUT2D eigenvalue weighted by molar-refractivity contribution is 5.76. The van der Waals surface area contributed by atoms with E-state index in [-0.39, 0.29) is 11.6 Å². The second kappa shape index (κ2) is 9.41. The van der Waals surface area contributed by atoms with Crippen LogP contribution in [-0.2, 0) is 11.2 Å². The SMILES string of the molecule is Cc1ccc(NCCCNC(=O)CCc2ccccc2N)c([N+](=O)[O-])c1. The molecule has 26 heavy (non-hydrogen) atoms. The maximum Gasteiger partial charge on any atom is 0.292 e. The number of para-hydroxylation sites is 1. The monoisotopic (exact) mass is 356 g/mol. The van der Waals surface area contributed by atoms with Gasteiger partial charge in [-0.3, -0.25) is 14.9 Å². The molecule has 0 heterocycles. The number of anilines is 2. The first-order valence-corrected chi connectivity index (χ1v) is 8.56. The Morgan fingerprint density at radius 2 is 1.96 bits per heavy atom. The van der Waals surface area contributed by atoms with E-state index in [4.69, 9.17) is 5.73 Å². The van der Waals surface area contributed by atoms with Crippen LogP contribution in [0.3, 0.4) is 0 Å². The maximum atomic E-state index is 11.9. The molecular formula is C19H24N4O3. The van der Waals surface area contributed by atoms with E-state index in [2.05, 4.69) is 10.6 Å². The molecule has 2 aromatic carbocycles. The molecule has 0 radical (unpaired) electrons. The molecule has 0 spiro atoms. The first-order chi connectivity index (χ1) is 12.5. The molecule has 0 aliphatic rings. The van der Waals surface area contributed by atoms with E-state index in [1.54, 1.807) is 12.1 Å². The van der Waals surface area contributed by atoms with Crippen LogP contribution in [0, 0.1) is 17.0 Å². The minimum Gasteiger partial charge on any atom is -0.399 e. The van der Waals surface area contributed by atoms with Crippen LogP contribution in [0.1, 0.15) is 24.0 Å². The fourth-order valence-electron chi connectivity index (χ4n) is 2.58. The van der Waals surface area contributed by atoms with Crippen molar-refractivity contribution in [3.8, 4) is 0 Å². The van der Waals surface area contributed by atoms with Gasteiger partial charge in [-0.25, -0.2) is 0 Å². The first kappa shape index (κ1) is 19.2. The Morgan fingerprint density at radius 3 is 2.69 bits per heavy atom. The molecule has 0 aliphatic heterocycles. The van der Waals surface area contributed by atoms with E-state index in [1.165, 1.54) is 0 Å². The van der Waals surface area contributed by atoms with Crippen LogP contribution in [0.15, 0.2) is 42.5 Å². The number of rotatable bonds is 9. The van der Waals surface area contributed by atoms with Crippen molar-refractivity contribution in [2.24, 2.45) is 0 Å². The minimum absolute atomic E-state index is 0.0328. The summed E-state index contributed by atoms with van der Waals surface area (Å²) in [6.45, 7) is 2.86. The quantitative estimate of drug-likeness (QED) is 0.277. The molecule has 1 amide bonds. The largest absolute Gasteiger partial charge is 0.399 e. The fourth-order valence-corrected chi connectivity index (χ4v) is 2.58. The number of aryl methyl sites for hydroxylation is 2. The maximum absolute atomic E-state index is 11.9. The van der Waals surface area contributed by atoms with E-state index in [1.807, 2.05) is 37.3 Å². The van der Waals surface area contributed by atoms with E-state index in [0.29, 0.717) is 43.7 Å². The van der Waals surface area contributed by atoms with Crippen molar-refractivity contribution in [1.82, 2.24) is 5.32 Å². The van der Waals surface area contributed by atoms with Gasteiger partial charge in [0, 0.05) is 31.3 Å². The molecule has 2 aromatic rings. The third kappa shape index (κ3) is 5.77. The van der Waals surface area contributed by atoms with Gasteiger partial charge in [0.2, 0.25) is 5.91 Å². The number of nitro benzene ring substituents is 1. The van der Waals surface area contributed by atoms with E-state index < -0.39 is 4.92 Å². The van der Waals surface area contributed by atoms with Crippen molar-refractivity contribution in [1.29, 1.82) is 0 Å². The van der Waals surface area contributed by atoms with Gasteiger partial charge in [0.25, 0.3) is 5.69 Å². The van der Waals surface area contributed by atoms with Crippen molar-refractivity contribution < 1.29 is 9.72 Å². The highest BCUT2D eigenvalue weighted by Gasteiger charge is 2.13. The smallest absolute Gasteiger partial charge is 0.292 e. The minimum atomic E-state index is -0.396. The molecule has 0 atom stereocenters. The average Bonchev–Trinajstić information content (AvgIpc) is 2.61. The number of nitro groups is 1. The Morgan fingerprint density at radius 1 is 1.19 bits per heavy atom. The highest BCUT2D eigenvalue weighted by Crippen LogP contribution is 2.25. The van der Waals surface area contributed by atoms with Crippen molar-refractivity contribution >= 4 is 23.0 Å². The molecule has 0 bridgehead atoms. The van der Waals surface area contributed by atoms with Crippen LogP contribution in [-0.4, -0.2) is 23.9 Å². The third-order valence-electron chi connectivity index (χ3n) is 4.02. The van der Waals surface area contributed by atoms with Gasteiger partial charge in [-0.05, 0) is 43.0 Å². The van der Waals surface area contributed by atoms with Crippen molar-refractivity contribution in [3.05, 3.63) is 63.7 Å². The molecule has 7 nitrogen and oxygen atoms in total. The summed E-state index contributed by atoms with van der Waals surface area (Å²) < 4.78 is 0. The van der Waals surface area contributed by atoms with Gasteiger partial charge in [0.05, 0.1) is 4.92 Å². The number of carbonyl (C=O) groups excluding carboxylic acids is 1. The lowest BCUT2D eigenvalue weighted by atomic mass is 10.1. The number of nitrogens with two attached hydrogens (primary N) is 1. The van der Waals surface area contributed by atoms with Crippen LogP contribution < -0.4 is 16.4 Å². The summed E-state index contributed by atoms with van der Waals surface area (Å²) in [5, 5.41) is 17.0. The van der Waals surface area contributed by atoms with Crippen LogP contribution in [0.25, 0.3) is 0 Å². The average molecular weight is 356 g/mol. The molecule has 4 N–H and O–H groups in total. The predicted octanol–water partition coefficient (Wildman–Crippen LogP) is 3.04. The molecule has 7 heteroatoms. The molecule has 0 saturated heterocycles. The molecule has 0 fully saturated rings. The van der Waals surface area contributed by atoms with Crippen LogP contribution in [0.4, 0.5) is 17.1 Å². The van der Waals surface area contributed by atoms with Crippen molar-refractivity contribution in [2.75, 3.05) is 24.1 Å². The zero-order valence-corrected chi connectivity index (χ0v) is 14.8. The predicted molar refractivity (Wildman–Crippen MR) is 103 cm³/mol. The number of nitrogen functional groups attached to an aromatic ring is 1. The number of hydrogen-bond donors (Lipinski definition) is 3. The number of nitrogens with zero attached hydrogens (tertiary/aromatic N) is 1. The van der Waals surface area contributed by atoms with Gasteiger partial charge >= 0.3 is 0 Å². The number of benzene rings is 2. The topological polar surface area (TPSA) is 110 Å². The van der Waals surface area contributed by atoms with Gasteiger partial charge in [0.1, 0.15) is 5.69 Å². The highest BCUT2D eigenvalue weighted by atomic mass is 16.6. The van der Waals surface area contributed by atoms with E-state index in [9.17, 15) is 14.9 Å². The lowest BCUT2D eigenvalue weighted by Crippen LogP contribution is -2.26. The van der Waals surface area contributed by atoms with Crippen LogP contribution in [0.2, 0.25) is 0 Å². The van der Waals surface area contributed by atoms with Gasteiger partial charge in [-0.2, -0.15) is 0 Å². The summed E-state index contributed by atoms with van der Waals surface area (Å²) in [5.41, 5.74) is 8.92. The standard InChI is InChI=1S/C19H24N4O3/c1-14-7-9-17(18(13-14)23(25)26)21-11-4-12-22-19(24)10-8-15-5-2-3-6-16(15)20/h2-3,5-7,9,13,21H,4,8,10-12,20H2,1H3,(H,22,24). The zero-order chi connectivity index (χ0) is 18.9. The molecule has 0 unspecified atom stereocenters. The third-order valence-corrected chi connectivity index (χ3v) is 4.02. The summed E-state index contributed by atoms with van der Waals surface area (Å²) in [7, 11) is 0. The lowest BCUT2D eigenvalue weighted by molar-refractivity contribution is -0.384. The van der Waals surface area contributed by atoms with Gasteiger partial charge < -0.3 is 16.4 Å². The Bertz CT molecular complexity index is 777. The van der Waals surface area contributed by atoms with E-state index >= 15 is 0 Å². The second-order valence-electron chi connectivity index (χ2n) is 6.11. The molecule has 0 aliphatic carbocycles. The Labute approximate surface area is 152 Å². The normalized spacial score (nSPS) is 10.3. The van der Waals surface area contributed by atoms with Gasteiger partial charge in [-0.15, -0.1) is 0 Å². The van der Waals surface area contributed by atoms with Gasteiger partial charge in [-0.1, -0.05) is 24.3 Å². The van der Waals surface area contributed by atoms with Crippen LogP contribution in [0.5, 0.6) is 0 Å². The Balaban J connectivity index is 1.68. The number of carbonyl (C=O) groups is 1. The summed E-state index contributed by atoms with van der Waals surface area (Å²) in [4.78, 5) is 22.5. The number of hydrogen-bond acceptors (Lipinski definition) is 5. The molecule has 0 saturated carbocycles. The fraction of sp³-hybridized carbons (Fsp3) is 0.316. The Hall–Kier alpha value is -3.09. The Kier molecular flexibility index (Phi) is 6.96. The van der Waals surface area contributed by atoms with Crippen molar-refractivity contribution in [3.63, 3.8) is 0 Å². The number of amides is 1. The van der Waals surface area contributed by atoms with Crippen molar-refractivity contribution in [2.45, 2.75) is 26.2 Å². The second-order valence-corrected chi connectivity index (χ2v) is 6.11. The molecule has 0 aromatic heterocycles. The van der Waals surface area contributed by atoms with Gasteiger partial charge in [0.15, 0.2) is 0 Å². The zero-order valence-electron chi connectivity index (χ0n) is 14.8. The molecular weight excluding hydrogens is 332 g/mol. The summed E-state index contributed by atoms with van der Waals surface area (Å²) >= 11 is 0. The van der Waals surface area contributed by atoms with Crippen LogP contribution >= 0.6 is 0 Å². The molecule has 138 valence electrons.